The van der Waals surface area contributed by atoms with E-state index >= 15 is 0 Å². The molecule has 0 saturated carbocycles. The van der Waals surface area contributed by atoms with E-state index in [1.165, 1.54) is 0 Å². The first-order chi connectivity index (χ1) is 8.67. The van der Waals surface area contributed by atoms with Crippen LogP contribution in [-0.4, -0.2) is 17.6 Å². The number of aromatic amines is 1. The third-order valence-electron chi connectivity index (χ3n) is 2.85. The zero-order valence-electron chi connectivity index (χ0n) is 10.4. The Balaban J connectivity index is 2.54. The highest BCUT2D eigenvalue weighted by Gasteiger charge is 2.09. The number of hydrogen-bond acceptors (Lipinski definition) is 3. The minimum absolute atomic E-state index is 0.0154. The lowest BCUT2D eigenvalue weighted by atomic mass is 10.1. The van der Waals surface area contributed by atoms with Crippen molar-refractivity contribution in [3.63, 3.8) is 0 Å². The monoisotopic (exact) mass is 245 g/mol. The first-order valence-electron chi connectivity index (χ1n) is 5.98. The van der Waals surface area contributed by atoms with Crippen molar-refractivity contribution in [3.8, 4) is 0 Å². The van der Waals surface area contributed by atoms with E-state index in [0.29, 0.717) is 29.5 Å². The average molecular weight is 245 g/mol. The normalized spacial score (nSPS) is 10.6. The summed E-state index contributed by atoms with van der Waals surface area (Å²) in [4.78, 5) is 26.7. The summed E-state index contributed by atoms with van der Waals surface area (Å²) in [6.07, 6.45) is 2.38. The molecular weight excluding hydrogens is 230 g/mol. The summed E-state index contributed by atoms with van der Waals surface area (Å²) < 4.78 is 4.92. The van der Waals surface area contributed by atoms with Crippen molar-refractivity contribution in [2.75, 3.05) is 6.61 Å². The van der Waals surface area contributed by atoms with Crippen LogP contribution in [0.1, 0.15) is 29.8 Å². The van der Waals surface area contributed by atoms with E-state index in [1.807, 2.05) is 6.92 Å². The molecule has 0 bridgehead atoms. The molecule has 0 spiro atoms. The summed E-state index contributed by atoms with van der Waals surface area (Å²) in [5.74, 6) is -0.375. The van der Waals surface area contributed by atoms with Crippen LogP contribution in [0.25, 0.3) is 10.9 Å². The molecule has 0 radical (unpaired) electrons. The summed E-state index contributed by atoms with van der Waals surface area (Å²) in [5.41, 5.74) is 1.86. The molecule has 1 aromatic carbocycles. The summed E-state index contributed by atoms with van der Waals surface area (Å²) in [5, 5.41) is 0.599. The molecule has 0 saturated heterocycles. The number of hydrogen-bond donors (Lipinski definition) is 1. The van der Waals surface area contributed by atoms with Crippen LogP contribution in [0.2, 0.25) is 0 Å². The number of nitrogens with one attached hydrogen (secondary N) is 1. The number of pyridine rings is 1. The zero-order valence-corrected chi connectivity index (χ0v) is 10.4. The number of H-pyrrole nitrogens is 1. The largest absolute Gasteiger partial charge is 0.462 e. The van der Waals surface area contributed by atoms with Crippen LogP contribution < -0.4 is 5.43 Å². The Bertz CT molecular complexity index is 643. The van der Waals surface area contributed by atoms with Crippen molar-refractivity contribution >= 4 is 16.9 Å². The summed E-state index contributed by atoms with van der Waals surface area (Å²) in [6, 6.07) is 4.93. The fourth-order valence-corrected chi connectivity index (χ4v) is 1.87. The maximum atomic E-state index is 12.0. The number of esters is 1. The molecule has 1 N–H and O–H groups in total. The minimum atomic E-state index is -0.375. The molecule has 4 nitrogen and oxygen atoms in total. The number of carbonyl (C=O) groups excluding carboxylic acids is 1. The van der Waals surface area contributed by atoms with Crippen LogP contribution in [0.3, 0.4) is 0 Å². The predicted octanol–water partition coefficient (Wildman–Crippen LogP) is 2.27. The molecule has 0 unspecified atom stereocenters. The smallest absolute Gasteiger partial charge is 0.338 e. The van der Waals surface area contributed by atoms with Gasteiger partial charge in [-0.2, -0.15) is 0 Å². The molecule has 1 heterocycles. The van der Waals surface area contributed by atoms with Crippen LogP contribution in [0.4, 0.5) is 0 Å². The average Bonchev–Trinajstić information content (AvgIpc) is 2.39. The van der Waals surface area contributed by atoms with E-state index in [2.05, 4.69) is 4.98 Å². The topological polar surface area (TPSA) is 59.2 Å². The highest BCUT2D eigenvalue weighted by atomic mass is 16.5. The molecule has 18 heavy (non-hydrogen) atoms. The van der Waals surface area contributed by atoms with Gasteiger partial charge in [-0.1, -0.05) is 6.92 Å². The van der Waals surface area contributed by atoms with Crippen LogP contribution in [0.5, 0.6) is 0 Å². The van der Waals surface area contributed by atoms with Gasteiger partial charge in [-0.3, -0.25) is 4.79 Å². The van der Waals surface area contributed by atoms with Gasteiger partial charge in [0.15, 0.2) is 5.43 Å². The van der Waals surface area contributed by atoms with E-state index in [-0.39, 0.29) is 11.4 Å². The molecule has 94 valence electrons. The highest BCUT2D eigenvalue weighted by Crippen LogP contribution is 2.12. The number of rotatable bonds is 3. The molecule has 0 aliphatic heterocycles. The molecule has 2 aromatic rings. The van der Waals surface area contributed by atoms with Gasteiger partial charge in [0.05, 0.1) is 17.7 Å². The number of ether oxygens (including phenoxy) is 1. The molecule has 0 atom stereocenters. The Kier molecular flexibility index (Phi) is 3.46. The molecule has 0 amide bonds. The lowest BCUT2D eigenvalue weighted by molar-refractivity contribution is 0.0526. The number of aromatic nitrogens is 1. The second-order valence-corrected chi connectivity index (χ2v) is 3.98. The van der Waals surface area contributed by atoms with Crippen LogP contribution in [0.15, 0.2) is 29.2 Å². The summed E-state index contributed by atoms with van der Waals surface area (Å²) >= 11 is 0. The first-order valence-corrected chi connectivity index (χ1v) is 5.98. The van der Waals surface area contributed by atoms with Gasteiger partial charge in [0, 0.05) is 17.1 Å². The molecule has 0 aliphatic rings. The van der Waals surface area contributed by atoms with Gasteiger partial charge in [0.2, 0.25) is 0 Å². The SMILES string of the molecule is CCOC(=O)c1ccc2c(=O)c(CC)c[nH]c2c1. The number of fused-ring (bicyclic) bond motifs is 1. The quantitative estimate of drug-likeness (QED) is 0.844. The Hall–Kier alpha value is -2.10. The maximum absolute atomic E-state index is 12.0. The first kappa shape index (κ1) is 12.4. The van der Waals surface area contributed by atoms with Crippen LogP contribution in [-0.2, 0) is 11.2 Å². The van der Waals surface area contributed by atoms with Gasteiger partial charge in [-0.15, -0.1) is 0 Å². The minimum Gasteiger partial charge on any atom is -0.462 e. The predicted molar refractivity (Wildman–Crippen MR) is 69.9 cm³/mol. The van der Waals surface area contributed by atoms with Crippen molar-refractivity contribution in [1.29, 1.82) is 0 Å². The van der Waals surface area contributed by atoms with E-state index in [4.69, 9.17) is 4.74 Å². The number of carbonyl (C=O) groups is 1. The third kappa shape index (κ3) is 2.14. The fourth-order valence-electron chi connectivity index (χ4n) is 1.87. The van der Waals surface area contributed by atoms with Gasteiger partial charge in [0.1, 0.15) is 0 Å². The van der Waals surface area contributed by atoms with Gasteiger partial charge < -0.3 is 9.72 Å². The second-order valence-electron chi connectivity index (χ2n) is 3.98. The summed E-state index contributed by atoms with van der Waals surface area (Å²) in [6.45, 7) is 4.03. The van der Waals surface area contributed by atoms with Crippen LogP contribution in [0, 0.1) is 0 Å². The van der Waals surface area contributed by atoms with Crippen molar-refractivity contribution < 1.29 is 9.53 Å². The lowest BCUT2D eigenvalue weighted by Gasteiger charge is -2.04. The highest BCUT2D eigenvalue weighted by molar-refractivity contribution is 5.94. The Labute approximate surface area is 105 Å². The molecule has 4 heteroatoms. The van der Waals surface area contributed by atoms with Gasteiger partial charge >= 0.3 is 5.97 Å². The Morgan fingerprint density at radius 2 is 2.11 bits per heavy atom. The van der Waals surface area contributed by atoms with E-state index in [9.17, 15) is 9.59 Å². The van der Waals surface area contributed by atoms with Gasteiger partial charge in [0.25, 0.3) is 0 Å². The van der Waals surface area contributed by atoms with Gasteiger partial charge in [-0.05, 0) is 31.5 Å². The Morgan fingerprint density at radius 3 is 2.78 bits per heavy atom. The number of benzene rings is 1. The lowest BCUT2D eigenvalue weighted by Crippen LogP contribution is -2.10. The molecule has 0 fully saturated rings. The molecule has 1 aromatic heterocycles. The number of aryl methyl sites for hydroxylation is 1. The van der Waals surface area contributed by atoms with Crippen molar-refractivity contribution in [2.24, 2.45) is 0 Å². The van der Waals surface area contributed by atoms with Crippen molar-refractivity contribution in [1.82, 2.24) is 4.98 Å². The van der Waals surface area contributed by atoms with E-state index in [0.717, 1.165) is 5.56 Å². The second kappa shape index (κ2) is 5.04. The van der Waals surface area contributed by atoms with Crippen molar-refractivity contribution in [2.45, 2.75) is 20.3 Å². The molecular formula is C14H15NO3. The van der Waals surface area contributed by atoms with E-state index in [1.54, 1.807) is 31.3 Å². The molecule has 0 aliphatic carbocycles. The fraction of sp³-hybridized carbons (Fsp3) is 0.286. The standard InChI is InChI=1S/C14H15NO3/c1-3-9-8-15-12-7-10(14(17)18-4-2)5-6-11(12)13(9)16/h5-8H,3-4H2,1-2H3,(H,15,16). The van der Waals surface area contributed by atoms with Crippen molar-refractivity contribution in [3.05, 3.63) is 45.7 Å². The Morgan fingerprint density at radius 1 is 1.33 bits per heavy atom. The van der Waals surface area contributed by atoms with E-state index < -0.39 is 0 Å². The molecule has 2 rings (SSSR count). The zero-order chi connectivity index (χ0) is 13.1. The van der Waals surface area contributed by atoms with Gasteiger partial charge in [-0.25, -0.2) is 4.79 Å². The van der Waals surface area contributed by atoms with Crippen LogP contribution >= 0.6 is 0 Å². The third-order valence-corrected chi connectivity index (χ3v) is 2.85. The maximum Gasteiger partial charge on any atom is 0.338 e. The summed E-state index contributed by atoms with van der Waals surface area (Å²) in [7, 11) is 0.